The summed E-state index contributed by atoms with van der Waals surface area (Å²) >= 11 is 0. The lowest BCUT2D eigenvalue weighted by molar-refractivity contribution is -0.132. The van der Waals surface area contributed by atoms with Gasteiger partial charge in [0.15, 0.2) is 0 Å². The van der Waals surface area contributed by atoms with Crippen molar-refractivity contribution < 1.29 is 25.2 Å². The van der Waals surface area contributed by atoms with E-state index in [1.807, 2.05) is 0 Å². The summed E-state index contributed by atoms with van der Waals surface area (Å²) in [6.07, 6.45) is 70.3. The summed E-state index contributed by atoms with van der Waals surface area (Å²) in [7, 11) is 0. The van der Waals surface area contributed by atoms with Gasteiger partial charge in [-0.3, -0.25) is 4.79 Å². The molecule has 5 N–H and O–H groups in total. The molecule has 0 heterocycles. The van der Waals surface area contributed by atoms with E-state index >= 15 is 0 Å². The van der Waals surface area contributed by atoms with E-state index in [1.165, 1.54) is 289 Å². The van der Waals surface area contributed by atoms with Crippen LogP contribution in [0.5, 0.6) is 0 Å². The van der Waals surface area contributed by atoms with Gasteiger partial charge >= 0.3 is 0 Å². The second-order valence-corrected chi connectivity index (χ2v) is 22.1. The second-order valence-electron chi connectivity index (χ2n) is 22.1. The van der Waals surface area contributed by atoms with Gasteiger partial charge in [0.25, 0.3) is 0 Å². The van der Waals surface area contributed by atoms with Crippen molar-refractivity contribution >= 4 is 5.91 Å². The third kappa shape index (κ3) is 51.7. The van der Waals surface area contributed by atoms with Crippen molar-refractivity contribution in [1.29, 1.82) is 0 Å². The molecule has 0 fully saturated rings. The number of hydrogen-bond acceptors (Lipinski definition) is 5. The smallest absolute Gasteiger partial charge is 0.249 e. The van der Waals surface area contributed by atoms with Crippen LogP contribution in [0.1, 0.15) is 354 Å². The first kappa shape index (κ1) is 68.0. The molecule has 0 aromatic rings. The van der Waals surface area contributed by atoms with Crippen LogP contribution < -0.4 is 5.32 Å². The van der Waals surface area contributed by atoms with Gasteiger partial charge in [-0.1, -0.05) is 328 Å². The van der Waals surface area contributed by atoms with E-state index in [1.54, 1.807) is 0 Å². The maximum atomic E-state index is 12.6. The van der Waals surface area contributed by atoms with E-state index < -0.39 is 36.9 Å². The molecule has 0 aromatic carbocycles. The molecule has 1 amide bonds. The average molecular weight is 977 g/mol. The van der Waals surface area contributed by atoms with E-state index in [2.05, 4.69) is 31.3 Å². The number of aliphatic hydroxyl groups is 4. The Bertz CT molecular complexity index is 1010. The van der Waals surface area contributed by atoms with Crippen LogP contribution in [0.4, 0.5) is 0 Å². The summed E-state index contributed by atoms with van der Waals surface area (Å²) in [5, 5.41) is 44.1. The molecule has 4 atom stereocenters. The molecule has 4 unspecified atom stereocenters. The first-order valence-electron chi connectivity index (χ1n) is 31.6. The topological polar surface area (TPSA) is 110 Å². The van der Waals surface area contributed by atoms with Gasteiger partial charge in [0.05, 0.1) is 18.8 Å². The number of aliphatic hydroxyl groups excluding tert-OH is 4. The summed E-state index contributed by atoms with van der Waals surface area (Å²) in [5.41, 5.74) is 0. The molecular formula is C63H125NO5. The van der Waals surface area contributed by atoms with Crippen LogP contribution in [0.15, 0.2) is 12.2 Å². The maximum absolute atomic E-state index is 12.6. The van der Waals surface area contributed by atoms with Crippen LogP contribution in [0, 0.1) is 0 Å². The first-order valence-corrected chi connectivity index (χ1v) is 31.6. The highest BCUT2D eigenvalue weighted by Crippen LogP contribution is 2.19. The zero-order valence-corrected chi connectivity index (χ0v) is 46.8. The van der Waals surface area contributed by atoms with Crippen molar-refractivity contribution in [3.8, 4) is 0 Å². The molecule has 6 heteroatoms. The monoisotopic (exact) mass is 976 g/mol. The van der Waals surface area contributed by atoms with E-state index in [0.717, 1.165) is 38.5 Å². The number of carbonyl (C=O) groups excluding carboxylic acids is 1. The van der Waals surface area contributed by atoms with Crippen molar-refractivity contribution in [2.75, 3.05) is 6.61 Å². The van der Waals surface area contributed by atoms with E-state index in [-0.39, 0.29) is 0 Å². The van der Waals surface area contributed by atoms with E-state index in [0.29, 0.717) is 12.8 Å². The van der Waals surface area contributed by atoms with Crippen molar-refractivity contribution in [3.63, 3.8) is 0 Å². The number of nitrogens with one attached hydrogen (secondary N) is 1. The average Bonchev–Trinajstić information content (AvgIpc) is 3.35. The van der Waals surface area contributed by atoms with E-state index in [4.69, 9.17) is 0 Å². The Labute approximate surface area is 432 Å². The molecule has 0 bridgehead atoms. The Balaban J connectivity index is 3.58. The fraction of sp³-hybridized carbons (Fsp3) is 0.952. The van der Waals surface area contributed by atoms with Gasteiger partial charge in [0.2, 0.25) is 5.91 Å². The lowest BCUT2D eigenvalue weighted by atomic mass is 10.00. The zero-order chi connectivity index (χ0) is 50.2. The van der Waals surface area contributed by atoms with Crippen molar-refractivity contribution in [1.82, 2.24) is 5.32 Å². The molecule has 0 rings (SSSR count). The minimum Gasteiger partial charge on any atom is -0.394 e. The van der Waals surface area contributed by atoms with Crippen LogP contribution in [0.3, 0.4) is 0 Å². The molecule has 0 aliphatic heterocycles. The fourth-order valence-corrected chi connectivity index (χ4v) is 10.3. The quantitative estimate of drug-likeness (QED) is 0.0308. The predicted molar refractivity (Wildman–Crippen MR) is 302 cm³/mol. The number of carbonyl (C=O) groups is 1. The molecule has 0 saturated heterocycles. The van der Waals surface area contributed by atoms with Gasteiger partial charge in [-0.05, 0) is 38.5 Å². The Hall–Kier alpha value is -0.950. The fourth-order valence-electron chi connectivity index (χ4n) is 10.3. The lowest BCUT2D eigenvalue weighted by Crippen LogP contribution is -2.53. The predicted octanol–water partition coefficient (Wildman–Crippen LogP) is 18.8. The van der Waals surface area contributed by atoms with Crippen LogP contribution in [-0.4, -0.2) is 57.3 Å². The minimum absolute atomic E-state index is 0.369. The molecule has 0 aromatic heterocycles. The van der Waals surface area contributed by atoms with Crippen molar-refractivity contribution in [2.45, 2.75) is 379 Å². The first-order chi connectivity index (χ1) is 34.0. The molecule has 0 aliphatic rings. The number of allylic oxidation sites excluding steroid dienone is 2. The Morgan fingerprint density at radius 3 is 0.870 bits per heavy atom. The summed E-state index contributed by atoms with van der Waals surface area (Å²) < 4.78 is 0. The van der Waals surface area contributed by atoms with Gasteiger partial charge in [-0.15, -0.1) is 0 Å². The molecule has 0 saturated carbocycles. The Kier molecular flexibility index (Phi) is 57.1. The number of hydrogen-bond donors (Lipinski definition) is 5. The SMILES string of the molecule is CCCCCCCCCCCCCCCCCCCCCC/C=C/CCCC(O)C(O)C(CO)NC(=O)C(O)CCCCCCCCCCCCCCCCCCCCCCCCCCCCCC. The summed E-state index contributed by atoms with van der Waals surface area (Å²) in [5.74, 6) is -0.585. The highest BCUT2D eigenvalue weighted by molar-refractivity contribution is 5.80. The van der Waals surface area contributed by atoms with Gasteiger partial charge in [-0.2, -0.15) is 0 Å². The lowest BCUT2D eigenvalue weighted by Gasteiger charge is -2.27. The van der Waals surface area contributed by atoms with Gasteiger partial charge < -0.3 is 25.7 Å². The Morgan fingerprint density at radius 2 is 0.594 bits per heavy atom. The van der Waals surface area contributed by atoms with Crippen LogP contribution in [0.2, 0.25) is 0 Å². The molecular weight excluding hydrogens is 851 g/mol. The van der Waals surface area contributed by atoms with Crippen LogP contribution in [0.25, 0.3) is 0 Å². The molecule has 412 valence electrons. The van der Waals surface area contributed by atoms with Gasteiger partial charge in [-0.25, -0.2) is 0 Å². The van der Waals surface area contributed by atoms with E-state index in [9.17, 15) is 25.2 Å². The molecule has 6 nitrogen and oxygen atoms in total. The second kappa shape index (κ2) is 57.9. The molecule has 69 heavy (non-hydrogen) atoms. The standard InChI is InChI=1S/C63H125NO5/c1-3-5-7-9-11-13-15-17-19-21-23-25-27-29-30-31-33-35-37-39-41-43-45-47-49-51-53-55-57-61(67)63(69)64-59(58-65)62(68)60(66)56-54-52-50-48-46-44-42-40-38-36-34-32-28-26-24-22-20-18-16-14-12-10-8-6-4-2/h48,50,59-62,65-68H,3-47,49,51-58H2,1-2H3,(H,64,69)/b50-48+. The number of amides is 1. The van der Waals surface area contributed by atoms with Crippen LogP contribution >= 0.6 is 0 Å². The van der Waals surface area contributed by atoms with Gasteiger partial charge in [0.1, 0.15) is 12.2 Å². The molecule has 0 aliphatic carbocycles. The van der Waals surface area contributed by atoms with Crippen molar-refractivity contribution in [2.24, 2.45) is 0 Å². The summed E-state index contributed by atoms with van der Waals surface area (Å²) in [6, 6.07) is -0.999. The van der Waals surface area contributed by atoms with Gasteiger partial charge in [0, 0.05) is 0 Å². The molecule has 0 radical (unpaired) electrons. The third-order valence-electron chi connectivity index (χ3n) is 15.2. The number of unbranched alkanes of at least 4 members (excludes halogenated alkanes) is 48. The Morgan fingerprint density at radius 1 is 0.348 bits per heavy atom. The normalized spacial score (nSPS) is 13.7. The maximum Gasteiger partial charge on any atom is 0.249 e. The minimum atomic E-state index is -1.28. The molecule has 0 spiro atoms. The third-order valence-corrected chi connectivity index (χ3v) is 15.2. The highest BCUT2D eigenvalue weighted by atomic mass is 16.3. The van der Waals surface area contributed by atoms with Crippen LogP contribution in [-0.2, 0) is 4.79 Å². The largest absolute Gasteiger partial charge is 0.394 e. The van der Waals surface area contributed by atoms with Crippen molar-refractivity contribution in [3.05, 3.63) is 12.2 Å². The summed E-state index contributed by atoms with van der Waals surface area (Å²) in [6.45, 7) is 4.10. The highest BCUT2D eigenvalue weighted by Gasteiger charge is 2.28. The zero-order valence-electron chi connectivity index (χ0n) is 46.8. The summed E-state index contributed by atoms with van der Waals surface area (Å²) in [4.78, 5) is 12.6. The number of rotatable bonds is 59.